The first kappa shape index (κ1) is 21.0. The maximum Gasteiger partial charge on any atom is 0.329 e. The number of hydrogen-bond donors (Lipinski definition) is 3. The number of aryl methyl sites for hydroxylation is 1. The van der Waals surface area contributed by atoms with Crippen LogP contribution in [0, 0.1) is 12.7 Å². The van der Waals surface area contributed by atoms with Crippen LogP contribution >= 0.6 is 23.3 Å². The minimum Gasteiger partial charge on any atom is -0.472 e. The summed E-state index contributed by atoms with van der Waals surface area (Å²) in [6.07, 6.45) is 0. The summed E-state index contributed by atoms with van der Waals surface area (Å²) in [5.74, 6) is -0.550. The third kappa shape index (κ3) is 4.59. The van der Waals surface area contributed by atoms with Gasteiger partial charge in [-0.25, -0.2) is 9.18 Å². The lowest BCUT2D eigenvalue weighted by Gasteiger charge is -2.29. The van der Waals surface area contributed by atoms with Gasteiger partial charge in [0.1, 0.15) is 11.6 Å². The second kappa shape index (κ2) is 8.86. The highest BCUT2D eigenvalue weighted by molar-refractivity contribution is 7.99. The van der Waals surface area contributed by atoms with Crippen LogP contribution in [0.15, 0.2) is 52.7 Å². The van der Waals surface area contributed by atoms with E-state index < -0.39 is 5.82 Å². The van der Waals surface area contributed by atoms with E-state index in [1.807, 2.05) is 19.1 Å². The number of fused-ring (bicyclic) bond motifs is 1. The lowest BCUT2D eigenvalue weighted by molar-refractivity contribution is 0.0936. The molecule has 3 aromatic rings. The fourth-order valence-corrected chi connectivity index (χ4v) is 4.66. The van der Waals surface area contributed by atoms with Crippen LogP contribution in [0.1, 0.15) is 15.2 Å². The van der Waals surface area contributed by atoms with Crippen LogP contribution in [-0.2, 0) is 0 Å². The average Bonchev–Trinajstić information content (AvgIpc) is 3.18. The number of nitrogens with one attached hydrogen (secondary N) is 3. The van der Waals surface area contributed by atoms with Crippen molar-refractivity contribution in [3.8, 4) is 5.75 Å². The summed E-state index contributed by atoms with van der Waals surface area (Å²) < 4.78 is 23.5. The van der Waals surface area contributed by atoms with Gasteiger partial charge in [-0.3, -0.25) is 14.4 Å². The summed E-state index contributed by atoms with van der Waals surface area (Å²) >= 11 is 2.84. The highest BCUT2D eigenvalue weighted by Gasteiger charge is 2.28. The Hall–Kier alpha value is -3.24. The van der Waals surface area contributed by atoms with E-state index in [-0.39, 0.29) is 29.9 Å². The molecule has 10 heteroatoms. The van der Waals surface area contributed by atoms with Crippen LogP contribution in [-0.4, -0.2) is 25.7 Å². The molecular formula is C21H19FN4O3S2. The molecule has 0 radical (unpaired) electrons. The smallest absolute Gasteiger partial charge is 0.329 e. The Bertz CT molecular complexity index is 1130. The number of amides is 3. The van der Waals surface area contributed by atoms with Gasteiger partial charge in [-0.15, -0.1) is 11.3 Å². The van der Waals surface area contributed by atoms with Crippen molar-refractivity contribution in [2.24, 2.45) is 0 Å². The van der Waals surface area contributed by atoms with Crippen LogP contribution in [0.25, 0.3) is 0 Å². The number of anilines is 3. The number of thiophene rings is 1. The molecular weight excluding hydrogens is 439 g/mol. The van der Waals surface area contributed by atoms with Crippen LogP contribution in [0.2, 0.25) is 0 Å². The van der Waals surface area contributed by atoms with E-state index in [2.05, 4.69) is 15.4 Å². The van der Waals surface area contributed by atoms with Gasteiger partial charge in [-0.05, 0) is 61.3 Å². The lowest BCUT2D eigenvalue weighted by Crippen LogP contribution is -2.38. The maximum atomic E-state index is 14.1. The molecule has 4 rings (SSSR count). The van der Waals surface area contributed by atoms with Gasteiger partial charge < -0.3 is 15.4 Å². The van der Waals surface area contributed by atoms with Crippen LogP contribution in [0.5, 0.6) is 5.75 Å². The minimum absolute atomic E-state index is 0.00471. The van der Waals surface area contributed by atoms with Gasteiger partial charge >= 0.3 is 6.03 Å². The molecule has 2 heterocycles. The Morgan fingerprint density at radius 2 is 1.97 bits per heavy atom. The van der Waals surface area contributed by atoms with E-state index in [1.54, 1.807) is 42.6 Å². The maximum absolute atomic E-state index is 14.1. The molecule has 0 saturated carbocycles. The molecule has 31 heavy (non-hydrogen) atoms. The van der Waals surface area contributed by atoms with Crippen LogP contribution in [0.4, 0.5) is 26.2 Å². The number of hydrogen-bond acceptors (Lipinski definition) is 6. The van der Waals surface area contributed by atoms with E-state index in [1.165, 1.54) is 33.9 Å². The highest BCUT2D eigenvalue weighted by Crippen LogP contribution is 2.33. The second-order valence-electron chi connectivity index (χ2n) is 6.66. The zero-order chi connectivity index (χ0) is 22.0. The Morgan fingerprint density at radius 3 is 2.65 bits per heavy atom. The molecule has 0 bridgehead atoms. The van der Waals surface area contributed by atoms with Crippen LogP contribution < -0.4 is 25.0 Å². The average molecular weight is 459 g/mol. The lowest BCUT2D eigenvalue weighted by atomic mass is 10.1. The number of urea groups is 1. The first-order chi connectivity index (χ1) is 14.9. The minimum atomic E-state index is -0.527. The SMILES string of the molecule is CNc1cc2c(cc1F)C(=O)N(c1ccc(NC(=O)NSc3ccc(C)s3)cc1)CO2. The summed E-state index contributed by atoms with van der Waals surface area (Å²) in [7, 11) is 1.60. The van der Waals surface area contributed by atoms with Gasteiger partial charge in [-0.2, -0.15) is 0 Å². The summed E-state index contributed by atoms with van der Waals surface area (Å²) in [5.41, 5.74) is 1.56. The van der Waals surface area contributed by atoms with Crippen molar-refractivity contribution in [3.05, 3.63) is 64.8 Å². The molecule has 0 unspecified atom stereocenters. The monoisotopic (exact) mass is 458 g/mol. The number of carbonyl (C=O) groups is 2. The number of rotatable bonds is 5. The van der Waals surface area contributed by atoms with E-state index in [9.17, 15) is 14.0 Å². The van der Waals surface area contributed by atoms with Gasteiger partial charge in [0.25, 0.3) is 5.91 Å². The summed E-state index contributed by atoms with van der Waals surface area (Å²) in [6, 6.07) is 13.0. The van der Waals surface area contributed by atoms with Crippen molar-refractivity contribution in [1.82, 2.24) is 4.72 Å². The van der Waals surface area contributed by atoms with Crippen molar-refractivity contribution in [2.75, 3.05) is 29.3 Å². The quantitative estimate of drug-likeness (QED) is 0.466. The topological polar surface area (TPSA) is 82.7 Å². The van der Waals surface area contributed by atoms with Crippen LogP contribution in [0.3, 0.4) is 0 Å². The van der Waals surface area contributed by atoms with Crippen molar-refractivity contribution in [1.29, 1.82) is 0 Å². The molecule has 0 atom stereocenters. The van der Waals surface area contributed by atoms with Gasteiger partial charge in [-0.1, -0.05) is 0 Å². The van der Waals surface area contributed by atoms with E-state index >= 15 is 0 Å². The number of benzene rings is 2. The Kier molecular flexibility index (Phi) is 6.01. The Labute approximate surface area is 186 Å². The number of halogens is 1. The number of nitrogens with zero attached hydrogens (tertiary/aromatic N) is 1. The molecule has 0 saturated heterocycles. The zero-order valence-corrected chi connectivity index (χ0v) is 18.3. The number of carbonyl (C=O) groups excluding carboxylic acids is 2. The molecule has 7 nitrogen and oxygen atoms in total. The van der Waals surface area contributed by atoms with Crippen molar-refractivity contribution in [2.45, 2.75) is 11.1 Å². The molecule has 160 valence electrons. The number of ether oxygens (including phenoxy) is 1. The van der Waals surface area contributed by atoms with Gasteiger partial charge in [0.15, 0.2) is 6.73 Å². The predicted molar refractivity (Wildman–Crippen MR) is 122 cm³/mol. The molecule has 3 amide bonds. The second-order valence-corrected chi connectivity index (χ2v) is 9.05. The summed E-state index contributed by atoms with van der Waals surface area (Å²) in [4.78, 5) is 27.5. The van der Waals surface area contributed by atoms with Gasteiger partial charge in [0.05, 0.1) is 15.5 Å². The summed E-state index contributed by atoms with van der Waals surface area (Å²) in [5, 5.41) is 5.46. The predicted octanol–water partition coefficient (Wildman–Crippen LogP) is 5.06. The fraction of sp³-hybridized carbons (Fsp3) is 0.143. The standard InChI is InChI=1S/C21H19FN4O3S2/c1-12-3-8-19(30-12)31-25-21(28)24-13-4-6-14(7-5-13)26-11-29-18-10-17(23-2)16(22)9-15(18)20(26)27/h3-10,23H,11H2,1-2H3,(H2,24,25,28). The largest absolute Gasteiger partial charge is 0.472 e. The van der Waals surface area contributed by atoms with E-state index in [0.717, 1.165) is 4.21 Å². The third-order valence-corrected chi connectivity index (χ3v) is 6.48. The first-order valence-electron chi connectivity index (χ1n) is 9.31. The zero-order valence-electron chi connectivity index (χ0n) is 16.7. The molecule has 1 aromatic heterocycles. The molecule has 0 spiro atoms. The van der Waals surface area contributed by atoms with Gasteiger partial charge in [0, 0.05) is 29.4 Å². The van der Waals surface area contributed by atoms with Crippen molar-refractivity contribution >= 4 is 52.3 Å². The van der Waals surface area contributed by atoms with E-state index in [4.69, 9.17) is 4.74 Å². The van der Waals surface area contributed by atoms with Crippen molar-refractivity contribution < 1.29 is 18.7 Å². The summed E-state index contributed by atoms with van der Waals surface area (Å²) in [6.45, 7) is 2.01. The first-order valence-corrected chi connectivity index (χ1v) is 10.9. The molecule has 0 aliphatic carbocycles. The normalized spacial score (nSPS) is 12.7. The third-order valence-electron chi connectivity index (χ3n) is 4.56. The van der Waals surface area contributed by atoms with Crippen molar-refractivity contribution in [3.63, 3.8) is 0 Å². The van der Waals surface area contributed by atoms with E-state index in [0.29, 0.717) is 17.1 Å². The van der Waals surface area contributed by atoms with Gasteiger partial charge in [0.2, 0.25) is 0 Å². The molecule has 0 fully saturated rings. The Balaban J connectivity index is 1.40. The Morgan fingerprint density at radius 1 is 1.19 bits per heavy atom. The molecule has 3 N–H and O–H groups in total. The highest BCUT2D eigenvalue weighted by atomic mass is 32.2. The molecule has 2 aromatic carbocycles. The molecule has 1 aliphatic heterocycles. The fourth-order valence-electron chi connectivity index (χ4n) is 3.01. The molecule has 1 aliphatic rings.